The molecule has 0 rings (SSSR count). The molecule has 10 heavy (non-hydrogen) atoms. The lowest BCUT2D eigenvalue weighted by molar-refractivity contribution is -0.870. The van der Waals surface area contributed by atoms with Crippen LogP contribution in [0.3, 0.4) is 0 Å². The van der Waals surface area contributed by atoms with Crippen molar-refractivity contribution in [2.24, 2.45) is 0 Å². The molecule has 0 saturated carbocycles. The standard InChI is InChI=1S/C8H17NO/c1-9(2,3)7-5-4-6-8-10/h4,8H,5-7H2,1-3H3/q+1. The molecule has 1 radical (unpaired) electrons. The van der Waals surface area contributed by atoms with Gasteiger partial charge in [-0.1, -0.05) is 0 Å². The molecule has 0 aliphatic carbocycles. The quantitative estimate of drug-likeness (QED) is 0.317. The highest BCUT2D eigenvalue weighted by Gasteiger charge is 2.04. The fourth-order valence-electron chi connectivity index (χ4n) is 0.664. The van der Waals surface area contributed by atoms with E-state index >= 15 is 0 Å². The van der Waals surface area contributed by atoms with Gasteiger partial charge < -0.3 is 9.28 Å². The van der Waals surface area contributed by atoms with Gasteiger partial charge in [0.15, 0.2) is 0 Å². The monoisotopic (exact) mass is 143 g/mol. The van der Waals surface area contributed by atoms with Crippen molar-refractivity contribution in [1.82, 2.24) is 0 Å². The maximum atomic E-state index is 9.89. The summed E-state index contributed by atoms with van der Waals surface area (Å²) in [6.45, 7) is 1.10. The molecule has 2 nitrogen and oxygen atoms in total. The molecule has 0 aliphatic rings. The zero-order valence-electron chi connectivity index (χ0n) is 7.13. The van der Waals surface area contributed by atoms with Crippen molar-refractivity contribution in [2.75, 3.05) is 27.7 Å². The number of hydrogen-bond donors (Lipinski definition) is 0. The minimum atomic E-state index is 0.597. The maximum Gasteiger partial charge on any atom is 0.120 e. The van der Waals surface area contributed by atoms with E-state index in [9.17, 15) is 4.79 Å². The number of nitrogens with zero attached hydrogens (tertiary/aromatic N) is 1. The molecule has 59 valence electrons. The van der Waals surface area contributed by atoms with Crippen molar-refractivity contribution >= 4 is 6.29 Å². The van der Waals surface area contributed by atoms with E-state index in [1.165, 1.54) is 0 Å². The van der Waals surface area contributed by atoms with Crippen LogP contribution in [0.25, 0.3) is 0 Å². The van der Waals surface area contributed by atoms with E-state index in [2.05, 4.69) is 21.1 Å². The highest BCUT2D eigenvalue weighted by molar-refractivity contribution is 5.50. The topological polar surface area (TPSA) is 17.1 Å². The Morgan fingerprint density at radius 2 is 1.90 bits per heavy atom. The van der Waals surface area contributed by atoms with Crippen LogP contribution in [-0.2, 0) is 4.79 Å². The van der Waals surface area contributed by atoms with E-state index in [0.29, 0.717) is 6.42 Å². The van der Waals surface area contributed by atoms with Crippen LogP contribution in [0.4, 0.5) is 0 Å². The molecule has 0 heterocycles. The summed E-state index contributed by atoms with van der Waals surface area (Å²) in [7, 11) is 6.44. The number of aldehydes is 1. The summed E-state index contributed by atoms with van der Waals surface area (Å²) in [6, 6.07) is 0. The van der Waals surface area contributed by atoms with Gasteiger partial charge in [-0.2, -0.15) is 0 Å². The summed E-state index contributed by atoms with van der Waals surface area (Å²) in [5, 5.41) is 0. The normalized spacial score (nSPS) is 11.5. The van der Waals surface area contributed by atoms with Crippen LogP contribution in [0.5, 0.6) is 0 Å². The van der Waals surface area contributed by atoms with Crippen molar-refractivity contribution < 1.29 is 9.28 Å². The smallest absolute Gasteiger partial charge is 0.120 e. The van der Waals surface area contributed by atoms with Gasteiger partial charge in [0, 0.05) is 12.8 Å². The first-order valence-electron chi connectivity index (χ1n) is 3.62. The summed E-state index contributed by atoms with van der Waals surface area (Å²) in [5.74, 6) is 0. The minimum absolute atomic E-state index is 0.597. The van der Waals surface area contributed by atoms with Crippen LogP contribution in [-0.4, -0.2) is 38.5 Å². The molecule has 0 aromatic rings. The van der Waals surface area contributed by atoms with Crippen molar-refractivity contribution in [1.29, 1.82) is 0 Å². The Hall–Kier alpha value is -0.370. The predicted octanol–water partition coefficient (Wildman–Crippen LogP) is 0.876. The van der Waals surface area contributed by atoms with Crippen LogP contribution >= 0.6 is 0 Å². The molecule has 0 bridgehead atoms. The van der Waals surface area contributed by atoms with Gasteiger partial charge in [0.2, 0.25) is 0 Å². The van der Waals surface area contributed by atoms with E-state index < -0.39 is 0 Å². The van der Waals surface area contributed by atoms with Gasteiger partial charge >= 0.3 is 0 Å². The van der Waals surface area contributed by atoms with Gasteiger partial charge in [0.25, 0.3) is 0 Å². The SMILES string of the molecule is C[N+](C)(C)CC[CH]CC=O. The number of rotatable bonds is 5. The third-order valence-corrected chi connectivity index (χ3v) is 1.27. The molecular formula is C8H17NO+. The summed E-state index contributed by atoms with van der Waals surface area (Å²) in [4.78, 5) is 9.89. The van der Waals surface area contributed by atoms with Gasteiger partial charge in [-0.3, -0.25) is 0 Å². The van der Waals surface area contributed by atoms with E-state index in [4.69, 9.17) is 0 Å². The van der Waals surface area contributed by atoms with Crippen LogP contribution in [0.2, 0.25) is 0 Å². The second-order valence-electron chi connectivity index (χ2n) is 3.49. The predicted molar refractivity (Wildman–Crippen MR) is 42.5 cm³/mol. The Morgan fingerprint density at radius 1 is 1.30 bits per heavy atom. The van der Waals surface area contributed by atoms with Crippen LogP contribution in [0.15, 0.2) is 0 Å². The van der Waals surface area contributed by atoms with Crippen molar-refractivity contribution in [3.63, 3.8) is 0 Å². The summed E-state index contributed by atoms with van der Waals surface area (Å²) >= 11 is 0. The summed E-state index contributed by atoms with van der Waals surface area (Å²) in [6.07, 6.45) is 4.59. The Kier molecular flexibility index (Phi) is 4.28. The molecule has 0 aromatic carbocycles. The Balaban J connectivity index is 3.12. The lowest BCUT2D eigenvalue weighted by Crippen LogP contribution is -2.35. The van der Waals surface area contributed by atoms with Gasteiger partial charge in [-0.25, -0.2) is 0 Å². The Labute approximate surface area is 63.4 Å². The van der Waals surface area contributed by atoms with Crippen LogP contribution in [0.1, 0.15) is 12.8 Å². The van der Waals surface area contributed by atoms with E-state index in [1.54, 1.807) is 0 Å². The molecule has 0 aromatic heterocycles. The van der Waals surface area contributed by atoms with Gasteiger partial charge in [0.05, 0.1) is 27.7 Å². The third kappa shape index (κ3) is 7.63. The second-order valence-corrected chi connectivity index (χ2v) is 3.49. The lowest BCUT2D eigenvalue weighted by Gasteiger charge is -2.23. The first kappa shape index (κ1) is 9.63. The zero-order valence-corrected chi connectivity index (χ0v) is 7.13. The average molecular weight is 143 g/mol. The highest BCUT2D eigenvalue weighted by atomic mass is 16.1. The lowest BCUT2D eigenvalue weighted by atomic mass is 10.2. The molecular weight excluding hydrogens is 126 g/mol. The summed E-state index contributed by atoms with van der Waals surface area (Å²) < 4.78 is 0.968. The summed E-state index contributed by atoms with van der Waals surface area (Å²) in [5.41, 5.74) is 0. The molecule has 0 atom stereocenters. The molecule has 0 spiro atoms. The van der Waals surface area contributed by atoms with Gasteiger partial charge in [-0.05, 0) is 6.42 Å². The first-order chi connectivity index (χ1) is 4.56. The van der Waals surface area contributed by atoms with Crippen molar-refractivity contribution in [2.45, 2.75) is 12.8 Å². The maximum absolute atomic E-state index is 9.89. The Morgan fingerprint density at radius 3 is 2.30 bits per heavy atom. The fraction of sp³-hybridized carbons (Fsp3) is 0.750. The zero-order chi connectivity index (χ0) is 8.04. The number of carbonyl (C=O) groups excluding carboxylic acids is 1. The van der Waals surface area contributed by atoms with Gasteiger partial charge in [-0.15, -0.1) is 0 Å². The molecule has 0 saturated heterocycles. The Bertz CT molecular complexity index is 93.9. The largest absolute Gasteiger partial charge is 0.331 e. The second kappa shape index (κ2) is 4.45. The van der Waals surface area contributed by atoms with E-state index in [0.717, 1.165) is 23.7 Å². The van der Waals surface area contributed by atoms with Gasteiger partial charge in [0.1, 0.15) is 6.29 Å². The average Bonchev–Trinajstić information content (AvgIpc) is 1.78. The number of carbonyl (C=O) groups is 1. The number of unbranched alkanes of at least 4 members (excludes halogenated alkanes) is 2. The molecule has 0 fully saturated rings. The van der Waals surface area contributed by atoms with Crippen molar-refractivity contribution in [3.05, 3.63) is 6.42 Å². The molecule has 2 heteroatoms. The number of quaternary nitrogens is 1. The minimum Gasteiger partial charge on any atom is -0.331 e. The van der Waals surface area contributed by atoms with E-state index in [1.807, 2.05) is 6.42 Å². The van der Waals surface area contributed by atoms with Crippen LogP contribution < -0.4 is 0 Å². The first-order valence-corrected chi connectivity index (χ1v) is 3.62. The van der Waals surface area contributed by atoms with Crippen molar-refractivity contribution in [3.8, 4) is 0 Å². The molecule has 0 unspecified atom stereocenters. The highest BCUT2D eigenvalue weighted by Crippen LogP contribution is 1.97. The van der Waals surface area contributed by atoms with E-state index in [-0.39, 0.29) is 0 Å². The van der Waals surface area contributed by atoms with Crippen LogP contribution in [0, 0.1) is 6.42 Å². The molecule has 0 aliphatic heterocycles. The molecule has 0 amide bonds. The third-order valence-electron chi connectivity index (χ3n) is 1.27. The molecule has 0 N–H and O–H groups in total. The fourth-order valence-corrected chi connectivity index (χ4v) is 0.664. The number of hydrogen-bond acceptors (Lipinski definition) is 1.